The van der Waals surface area contributed by atoms with E-state index in [1.54, 1.807) is 0 Å². The number of nitrogens with zero attached hydrogens (tertiary/aromatic N) is 3. The van der Waals surface area contributed by atoms with E-state index >= 15 is 0 Å². The van der Waals surface area contributed by atoms with Crippen molar-refractivity contribution in [3.63, 3.8) is 0 Å². The molecule has 4 rings (SSSR count). The summed E-state index contributed by atoms with van der Waals surface area (Å²) in [5, 5.41) is 4.10. The highest BCUT2D eigenvalue weighted by Gasteiger charge is 2.32. The van der Waals surface area contributed by atoms with Crippen molar-refractivity contribution >= 4 is 5.91 Å². The zero-order valence-corrected chi connectivity index (χ0v) is 13.9. The number of aromatic nitrogens is 2. The minimum Gasteiger partial charge on any atom is -0.342 e. The Kier molecular flexibility index (Phi) is 4.36. The number of carbonyl (C=O) groups is 1. The highest BCUT2D eigenvalue weighted by molar-refractivity contribution is 5.79. The van der Waals surface area contributed by atoms with Crippen LogP contribution in [0.3, 0.4) is 0 Å². The van der Waals surface area contributed by atoms with E-state index in [4.69, 9.17) is 4.52 Å². The smallest absolute Gasteiger partial charge is 0.226 e. The van der Waals surface area contributed by atoms with Gasteiger partial charge in [0.15, 0.2) is 5.82 Å². The zero-order valence-electron chi connectivity index (χ0n) is 13.9. The van der Waals surface area contributed by atoms with Gasteiger partial charge in [0.05, 0.1) is 0 Å². The highest BCUT2D eigenvalue weighted by atomic mass is 16.5. The van der Waals surface area contributed by atoms with E-state index in [2.05, 4.69) is 15.0 Å². The van der Waals surface area contributed by atoms with Crippen LogP contribution >= 0.6 is 0 Å². The molecule has 1 amide bonds. The molecular formula is C18H27N3O2. The lowest BCUT2D eigenvalue weighted by Gasteiger charge is -2.35. The third kappa shape index (κ3) is 3.59. The van der Waals surface area contributed by atoms with Crippen LogP contribution in [0.15, 0.2) is 4.52 Å². The van der Waals surface area contributed by atoms with Gasteiger partial charge in [0.25, 0.3) is 0 Å². The van der Waals surface area contributed by atoms with Crippen molar-refractivity contribution in [3.8, 4) is 0 Å². The summed E-state index contributed by atoms with van der Waals surface area (Å²) in [6.07, 6.45) is 11.4. The van der Waals surface area contributed by atoms with Crippen LogP contribution < -0.4 is 0 Å². The second-order valence-corrected chi connectivity index (χ2v) is 7.65. The van der Waals surface area contributed by atoms with Crippen LogP contribution in [0.1, 0.15) is 75.4 Å². The molecule has 1 unspecified atom stereocenters. The zero-order chi connectivity index (χ0) is 15.6. The summed E-state index contributed by atoms with van der Waals surface area (Å²) in [4.78, 5) is 19.4. The summed E-state index contributed by atoms with van der Waals surface area (Å²) in [7, 11) is 0. The Morgan fingerprint density at radius 1 is 1.09 bits per heavy atom. The van der Waals surface area contributed by atoms with Gasteiger partial charge in [-0.2, -0.15) is 4.98 Å². The van der Waals surface area contributed by atoms with Crippen LogP contribution in [0.25, 0.3) is 0 Å². The molecule has 0 spiro atoms. The lowest BCUT2D eigenvalue weighted by atomic mass is 9.87. The third-order valence-electron chi connectivity index (χ3n) is 5.67. The van der Waals surface area contributed by atoms with Gasteiger partial charge >= 0.3 is 0 Å². The summed E-state index contributed by atoms with van der Waals surface area (Å²) in [6.45, 7) is 1.81. The van der Waals surface area contributed by atoms with Crippen LogP contribution in [0, 0.1) is 11.8 Å². The third-order valence-corrected chi connectivity index (χ3v) is 5.67. The molecule has 2 heterocycles. The molecule has 0 N–H and O–H groups in total. The lowest BCUT2D eigenvalue weighted by molar-refractivity contribution is -0.138. The van der Waals surface area contributed by atoms with Crippen LogP contribution in [0.4, 0.5) is 0 Å². The fourth-order valence-electron chi connectivity index (χ4n) is 4.14. The van der Waals surface area contributed by atoms with Crippen molar-refractivity contribution < 1.29 is 9.32 Å². The van der Waals surface area contributed by atoms with Crippen LogP contribution in [-0.2, 0) is 11.2 Å². The first-order valence-corrected chi connectivity index (χ1v) is 9.41. The van der Waals surface area contributed by atoms with E-state index in [9.17, 15) is 4.79 Å². The van der Waals surface area contributed by atoms with Crippen molar-refractivity contribution in [1.29, 1.82) is 0 Å². The number of hydrogen-bond acceptors (Lipinski definition) is 4. The van der Waals surface area contributed by atoms with E-state index in [0.29, 0.717) is 17.7 Å². The van der Waals surface area contributed by atoms with Gasteiger partial charge in [0.2, 0.25) is 11.8 Å². The summed E-state index contributed by atoms with van der Waals surface area (Å²) in [5.74, 6) is 3.37. The van der Waals surface area contributed by atoms with E-state index in [-0.39, 0.29) is 5.92 Å². The van der Waals surface area contributed by atoms with Gasteiger partial charge in [-0.05, 0) is 44.4 Å². The average molecular weight is 317 g/mol. The number of piperidine rings is 1. The number of hydrogen-bond donors (Lipinski definition) is 0. The van der Waals surface area contributed by atoms with E-state index in [1.165, 1.54) is 32.1 Å². The maximum Gasteiger partial charge on any atom is 0.226 e. The van der Waals surface area contributed by atoms with Crippen LogP contribution in [0.5, 0.6) is 0 Å². The molecule has 0 radical (unpaired) electrons. The summed E-state index contributed by atoms with van der Waals surface area (Å²) in [5.41, 5.74) is 0. The molecule has 5 nitrogen and oxygen atoms in total. The maximum atomic E-state index is 12.7. The predicted molar refractivity (Wildman–Crippen MR) is 85.9 cm³/mol. The second kappa shape index (κ2) is 6.62. The molecule has 1 aliphatic heterocycles. The van der Waals surface area contributed by atoms with Gasteiger partial charge in [0, 0.05) is 31.3 Å². The van der Waals surface area contributed by atoms with Gasteiger partial charge in [0.1, 0.15) is 0 Å². The molecule has 0 bridgehead atoms. The molecule has 1 aromatic rings. The fourth-order valence-corrected chi connectivity index (χ4v) is 4.14. The average Bonchev–Trinajstić information content (AvgIpc) is 3.35. The largest absolute Gasteiger partial charge is 0.342 e. The second-order valence-electron chi connectivity index (χ2n) is 7.65. The van der Waals surface area contributed by atoms with Crippen LogP contribution in [-0.4, -0.2) is 34.0 Å². The monoisotopic (exact) mass is 317 g/mol. The molecule has 5 heteroatoms. The molecule has 2 aliphatic carbocycles. The molecule has 2 saturated carbocycles. The number of likely N-dealkylation sites (tertiary alicyclic amines) is 1. The van der Waals surface area contributed by atoms with Crippen LogP contribution in [0.2, 0.25) is 0 Å². The Hall–Kier alpha value is -1.39. The van der Waals surface area contributed by atoms with Crippen molar-refractivity contribution in [2.24, 2.45) is 11.8 Å². The summed E-state index contributed by atoms with van der Waals surface area (Å²) in [6, 6.07) is 0. The normalized spacial score (nSPS) is 26.4. The van der Waals surface area contributed by atoms with E-state index in [1.807, 2.05) is 0 Å². The summed E-state index contributed by atoms with van der Waals surface area (Å²) < 4.78 is 5.42. The first kappa shape index (κ1) is 15.2. The minimum absolute atomic E-state index is 0.285. The molecule has 1 aromatic heterocycles. The Morgan fingerprint density at radius 2 is 1.91 bits per heavy atom. The van der Waals surface area contributed by atoms with Crippen molar-refractivity contribution in [3.05, 3.63) is 11.7 Å². The Labute approximate surface area is 137 Å². The standard InChI is InChI=1S/C18H27N3O2/c22-18(15-6-2-1-3-7-15)21-10-4-5-13(12-21)11-16-19-17(20-23-16)14-8-9-14/h13-15H,1-12H2. The van der Waals surface area contributed by atoms with Crippen molar-refractivity contribution in [2.75, 3.05) is 13.1 Å². The Balaban J connectivity index is 1.33. The lowest BCUT2D eigenvalue weighted by Crippen LogP contribution is -2.43. The molecule has 0 aromatic carbocycles. The van der Waals surface area contributed by atoms with E-state index in [0.717, 1.165) is 56.9 Å². The SMILES string of the molecule is O=C(C1CCCCC1)N1CCCC(Cc2nc(C3CC3)no2)C1. The van der Waals surface area contributed by atoms with Gasteiger partial charge in [-0.3, -0.25) is 4.79 Å². The quantitative estimate of drug-likeness (QED) is 0.855. The molecule has 1 atom stereocenters. The molecule has 23 heavy (non-hydrogen) atoms. The highest BCUT2D eigenvalue weighted by Crippen LogP contribution is 2.38. The topological polar surface area (TPSA) is 59.2 Å². The fraction of sp³-hybridized carbons (Fsp3) is 0.833. The van der Waals surface area contributed by atoms with Gasteiger partial charge in [-0.15, -0.1) is 0 Å². The van der Waals surface area contributed by atoms with Gasteiger partial charge in [-0.25, -0.2) is 0 Å². The van der Waals surface area contributed by atoms with Gasteiger partial charge in [-0.1, -0.05) is 24.4 Å². The number of rotatable bonds is 4. The Bertz CT molecular complexity index is 546. The van der Waals surface area contributed by atoms with E-state index < -0.39 is 0 Å². The van der Waals surface area contributed by atoms with Crippen molar-refractivity contribution in [1.82, 2.24) is 15.0 Å². The number of carbonyl (C=O) groups excluding carboxylic acids is 1. The number of amides is 1. The summed E-state index contributed by atoms with van der Waals surface area (Å²) >= 11 is 0. The molecule has 1 saturated heterocycles. The van der Waals surface area contributed by atoms with Crippen molar-refractivity contribution in [2.45, 2.75) is 70.1 Å². The maximum absolute atomic E-state index is 12.7. The first-order chi connectivity index (χ1) is 11.3. The molecule has 126 valence electrons. The predicted octanol–water partition coefficient (Wildman–Crippen LogP) is 3.31. The molecule has 3 fully saturated rings. The molecular weight excluding hydrogens is 290 g/mol. The Morgan fingerprint density at radius 3 is 2.70 bits per heavy atom. The minimum atomic E-state index is 0.285. The first-order valence-electron chi connectivity index (χ1n) is 9.41. The molecule has 3 aliphatic rings. The van der Waals surface area contributed by atoms with Gasteiger partial charge < -0.3 is 9.42 Å².